The molecule has 0 saturated heterocycles. The van der Waals surface area contributed by atoms with Crippen LogP contribution in [0, 0.1) is 6.92 Å². The summed E-state index contributed by atoms with van der Waals surface area (Å²) < 4.78 is 30.0. The molecule has 158 valence electrons. The van der Waals surface area contributed by atoms with Crippen molar-refractivity contribution >= 4 is 21.6 Å². The third-order valence-electron chi connectivity index (χ3n) is 5.05. The topological polar surface area (TPSA) is 75.7 Å². The highest BCUT2D eigenvalue weighted by Gasteiger charge is 2.18. The maximum atomic E-state index is 12.7. The van der Waals surface area contributed by atoms with Crippen LogP contribution in [0.2, 0.25) is 0 Å². The first kappa shape index (κ1) is 22.7. The average Bonchev–Trinajstić information content (AvgIpc) is 2.65. The number of benzene rings is 2. The number of hydrogen-bond donors (Lipinski definition) is 1. The van der Waals surface area contributed by atoms with Gasteiger partial charge in [0.2, 0.25) is 10.0 Å². The zero-order chi connectivity index (χ0) is 21.9. The van der Waals surface area contributed by atoms with Gasteiger partial charge in [0, 0.05) is 12.6 Å². The van der Waals surface area contributed by atoms with Crippen molar-refractivity contribution < 1.29 is 17.9 Å². The number of amides is 1. The summed E-state index contributed by atoms with van der Waals surface area (Å²) in [6, 6.07) is 10.4. The van der Waals surface area contributed by atoms with Gasteiger partial charge in [-0.1, -0.05) is 13.8 Å². The molecule has 0 aromatic heterocycles. The van der Waals surface area contributed by atoms with Gasteiger partial charge in [-0.15, -0.1) is 0 Å². The normalized spacial score (nSPS) is 12.6. The van der Waals surface area contributed by atoms with Gasteiger partial charge in [-0.05, 0) is 72.9 Å². The molecular weight excluding hydrogens is 388 g/mol. The predicted octanol–water partition coefficient (Wildman–Crippen LogP) is 4.01. The van der Waals surface area contributed by atoms with Gasteiger partial charge < -0.3 is 10.1 Å². The van der Waals surface area contributed by atoms with Crippen molar-refractivity contribution in [3.8, 4) is 5.75 Å². The Morgan fingerprint density at radius 2 is 1.66 bits per heavy atom. The molecule has 7 heteroatoms. The number of carbonyl (C=O) groups is 1. The van der Waals surface area contributed by atoms with E-state index < -0.39 is 10.0 Å². The second-order valence-corrected chi connectivity index (χ2v) is 9.59. The molecule has 0 heterocycles. The van der Waals surface area contributed by atoms with Crippen LogP contribution in [0.15, 0.2) is 36.4 Å². The lowest BCUT2D eigenvalue weighted by atomic mass is 9.93. The summed E-state index contributed by atoms with van der Waals surface area (Å²) in [5, 5.41) is 3.02. The Kier molecular flexibility index (Phi) is 6.95. The van der Waals surface area contributed by atoms with E-state index in [4.69, 9.17) is 4.74 Å². The largest absolute Gasteiger partial charge is 0.496 e. The second kappa shape index (κ2) is 8.86. The SMILES string of the molecule is COc1cc(C)c([C@@H](C)NC(=O)c2ccc(N(C)S(C)(=O)=O)cc2)cc1C(C)C. The van der Waals surface area contributed by atoms with Crippen LogP contribution in [0.3, 0.4) is 0 Å². The van der Waals surface area contributed by atoms with Crippen LogP contribution in [0.1, 0.15) is 59.8 Å². The van der Waals surface area contributed by atoms with Crippen LogP contribution in [-0.2, 0) is 10.0 Å². The summed E-state index contributed by atoms with van der Waals surface area (Å²) in [4.78, 5) is 12.7. The lowest BCUT2D eigenvalue weighted by molar-refractivity contribution is 0.0940. The van der Waals surface area contributed by atoms with Crippen molar-refractivity contribution in [1.82, 2.24) is 5.32 Å². The van der Waals surface area contributed by atoms with E-state index in [0.717, 1.165) is 28.7 Å². The maximum absolute atomic E-state index is 12.7. The predicted molar refractivity (Wildman–Crippen MR) is 117 cm³/mol. The summed E-state index contributed by atoms with van der Waals surface area (Å²) >= 11 is 0. The van der Waals surface area contributed by atoms with Gasteiger partial charge in [-0.25, -0.2) is 8.42 Å². The molecule has 2 aromatic carbocycles. The van der Waals surface area contributed by atoms with Gasteiger partial charge in [-0.3, -0.25) is 9.10 Å². The fourth-order valence-corrected chi connectivity index (χ4v) is 3.69. The number of methoxy groups -OCH3 is 1. The van der Waals surface area contributed by atoms with Gasteiger partial charge in [0.05, 0.1) is 25.1 Å². The van der Waals surface area contributed by atoms with Crippen LogP contribution in [0.25, 0.3) is 0 Å². The van der Waals surface area contributed by atoms with E-state index in [1.807, 2.05) is 19.9 Å². The number of hydrogen-bond acceptors (Lipinski definition) is 4. The van der Waals surface area contributed by atoms with Crippen molar-refractivity contribution in [2.24, 2.45) is 0 Å². The van der Waals surface area contributed by atoms with Crippen LogP contribution < -0.4 is 14.4 Å². The molecule has 0 radical (unpaired) electrons. The quantitative estimate of drug-likeness (QED) is 0.737. The summed E-state index contributed by atoms with van der Waals surface area (Å²) in [6.07, 6.45) is 1.14. The number of rotatable bonds is 7. The Labute approximate surface area is 173 Å². The number of ether oxygens (including phenoxy) is 1. The van der Waals surface area contributed by atoms with Crippen molar-refractivity contribution in [2.75, 3.05) is 24.7 Å². The summed E-state index contributed by atoms with van der Waals surface area (Å²) in [7, 11) is -0.203. The summed E-state index contributed by atoms with van der Waals surface area (Å²) in [5.41, 5.74) is 4.16. The standard InChI is InChI=1S/C22H30N2O4S/c1-14(2)19-13-20(15(3)12-21(19)28-6)16(4)23-22(25)17-8-10-18(11-9-17)24(5)29(7,26)27/h8-14,16H,1-7H3,(H,23,25)/t16-/m1/s1. The van der Waals surface area contributed by atoms with E-state index in [0.29, 0.717) is 17.2 Å². The minimum atomic E-state index is -3.34. The van der Waals surface area contributed by atoms with Crippen LogP contribution in [0.5, 0.6) is 5.75 Å². The molecule has 0 spiro atoms. The third-order valence-corrected chi connectivity index (χ3v) is 6.25. The fourth-order valence-electron chi connectivity index (χ4n) is 3.18. The minimum Gasteiger partial charge on any atom is -0.496 e. The lowest BCUT2D eigenvalue weighted by Gasteiger charge is -2.21. The Morgan fingerprint density at radius 3 is 2.14 bits per heavy atom. The highest BCUT2D eigenvalue weighted by molar-refractivity contribution is 7.92. The molecule has 2 rings (SSSR count). The lowest BCUT2D eigenvalue weighted by Crippen LogP contribution is -2.28. The molecule has 0 bridgehead atoms. The highest BCUT2D eigenvalue weighted by atomic mass is 32.2. The van der Waals surface area contributed by atoms with Gasteiger partial charge in [0.15, 0.2) is 0 Å². The number of nitrogens with one attached hydrogen (secondary N) is 1. The van der Waals surface area contributed by atoms with E-state index in [9.17, 15) is 13.2 Å². The van der Waals surface area contributed by atoms with Gasteiger partial charge in [0.1, 0.15) is 5.75 Å². The smallest absolute Gasteiger partial charge is 0.251 e. The molecule has 0 aliphatic heterocycles. The van der Waals surface area contributed by atoms with Crippen molar-refractivity contribution in [2.45, 2.75) is 39.7 Å². The van der Waals surface area contributed by atoms with E-state index in [1.54, 1.807) is 31.4 Å². The first-order valence-electron chi connectivity index (χ1n) is 9.49. The Balaban J connectivity index is 2.22. The molecule has 0 aliphatic carbocycles. The Morgan fingerprint density at radius 1 is 1.07 bits per heavy atom. The van der Waals surface area contributed by atoms with Gasteiger partial charge in [0.25, 0.3) is 5.91 Å². The number of sulfonamides is 1. The van der Waals surface area contributed by atoms with Gasteiger partial charge >= 0.3 is 0 Å². The van der Waals surface area contributed by atoms with E-state index in [2.05, 4.69) is 25.2 Å². The zero-order valence-corrected chi connectivity index (χ0v) is 18.9. The molecular formula is C22H30N2O4S. The first-order valence-corrected chi connectivity index (χ1v) is 11.3. The van der Waals surface area contributed by atoms with Crippen LogP contribution in [0.4, 0.5) is 5.69 Å². The summed E-state index contributed by atoms with van der Waals surface area (Å²) in [5.74, 6) is 0.935. The van der Waals surface area contributed by atoms with Crippen molar-refractivity contribution in [1.29, 1.82) is 0 Å². The molecule has 29 heavy (non-hydrogen) atoms. The molecule has 0 saturated carbocycles. The number of carbonyl (C=O) groups excluding carboxylic acids is 1. The van der Waals surface area contributed by atoms with E-state index in [1.165, 1.54) is 11.4 Å². The molecule has 2 aromatic rings. The van der Waals surface area contributed by atoms with E-state index >= 15 is 0 Å². The molecule has 1 atom stereocenters. The molecule has 1 N–H and O–H groups in total. The minimum absolute atomic E-state index is 0.190. The average molecular weight is 419 g/mol. The molecule has 6 nitrogen and oxygen atoms in total. The van der Waals surface area contributed by atoms with Crippen molar-refractivity contribution in [3.05, 3.63) is 58.7 Å². The number of anilines is 1. The molecule has 1 amide bonds. The van der Waals surface area contributed by atoms with Crippen molar-refractivity contribution in [3.63, 3.8) is 0 Å². The highest BCUT2D eigenvalue weighted by Crippen LogP contribution is 2.32. The molecule has 0 fully saturated rings. The first-order chi connectivity index (χ1) is 13.5. The molecule has 0 aliphatic rings. The Hall–Kier alpha value is -2.54. The fraction of sp³-hybridized carbons (Fsp3) is 0.409. The van der Waals surface area contributed by atoms with Crippen LogP contribution in [-0.4, -0.2) is 34.7 Å². The van der Waals surface area contributed by atoms with Crippen LogP contribution >= 0.6 is 0 Å². The third kappa shape index (κ3) is 5.29. The second-order valence-electron chi connectivity index (χ2n) is 7.58. The molecule has 0 unspecified atom stereocenters. The maximum Gasteiger partial charge on any atom is 0.251 e. The Bertz CT molecular complexity index is 983. The monoisotopic (exact) mass is 418 g/mol. The number of aryl methyl sites for hydroxylation is 1. The summed E-state index contributed by atoms with van der Waals surface area (Å²) in [6.45, 7) is 8.16. The van der Waals surface area contributed by atoms with Gasteiger partial charge in [-0.2, -0.15) is 0 Å². The van der Waals surface area contributed by atoms with E-state index in [-0.39, 0.29) is 11.9 Å². The zero-order valence-electron chi connectivity index (χ0n) is 18.1. The number of nitrogens with zero attached hydrogens (tertiary/aromatic N) is 1.